The number of esters is 1. The molecule has 0 amide bonds. The van der Waals surface area contributed by atoms with Crippen LogP contribution in [-0.2, 0) is 4.74 Å². The van der Waals surface area contributed by atoms with Gasteiger partial charge in [0, 0.05) is 0 Å². The maximum atomic E-state index is 11.3. The summed E-state index contributed by atoms with van der Waals surface area (Å²) in [6.07, 6.45) is 0. The summed E-state index contributed by atoms with van der Waals surface area (Å²) in [7, 11) is 2.63. The lowest BCUT2D eigenvalue weighted by Gasteiger charge is -2.08. The van der Waals surface area contributed by atoms with Crippen molar-refractivity contribution in [3.8, 4) is 11.8 Å². The Balaban J connectivity index is 3.40. The van der Waals surface area contributed by atoms with Gasteiger partial charge in [-0.15, -0.1) is 0 Å². The molecular formula is C10H8ClNO3. The predicted molar refractivity (Wildman–Crippen MR) is 54.1 cm³/mol. The molecule has 0 unspecified atom stereocenters. The maximum Gasteiger partial charge on any atom is 0.341 e. The number of carbonyl (C=O) groups is 1. The molecule has 0 saturated heterocycles. The van der Waals surface area contributed by atoms with E-state index in [2.05, 4.69) is 4.74 Å². The van der Waals surface area contributed by atoms with Crippen LogP contribution in [0.25, 0.3) is 0 Å². The number of methoxy groups -OCH3 is 2. The lowest BCUT2D eigenvalue weighted by molar-refractivity contribution is 0.0597. The van der Waals surface area contributed by atoms with Gasteiger partial charge in [0.15, 0.2) is 5.75 Å². The van der Waals surface area contributed by atoms with Gasteiger partial charge in [0.25, 0.3) is 0 Å². The molecule has 0 radical (unpaired) electrons. The van der Waals surface area contributed by atoms with Crippen LogP contribution in [0, 0.1) is 11.3 Å². The quantitative estimate of drug-likeness (QED) is 0.723. The number of carbonyl (C=O) groups excluding carboxylic acids is 1. The van der Waals surface area contributed by atoms with Gasteiger partial charge in [-0.2, -0.15) is 5.26 Å². The highest BCUT2D eigenvalue weighted by atomic mass is 35.5. The molecule has 0 aromatic heterocycles. The van der Waals surface area contributed by atoms with Crippen LogP contribution in [0.3, 0.4) is 0 Å². The molecule has 0 atom stereocenters. The second-order valence-corrected chi connectivity index (χ2v) is 3.05. The van der Waals surface area contributed by atoms with Crippen LogP contribution in [-0.4, -0.2) is 20.2 Å². The van der Waals surface area contributed by atoms with E-state index in [0.29, 0.717) is 0 Å². The van der Waals surface area contributed by atoms with Crippen LogP contribution < -0.4 is 4.74 Å². The highest BCUT2D eigenvalue weighted by Gasteiger charge is 2.17. The molecule has 5 heteroatoms. The molecular weight excluding hydrogens is 218 g/mol. The minimum Gasteiger partial charge on any atom is -0.494 e. The summed E-state index contributed by atoms with van der Waals surface area (Å²) in [6, 6.07) is 4.69. The second kappa shape index (κ2) is 4.67. The lowest BCUT2D eigenvalue weighted by atomic mass is 10.1. The Morgan fingerprint density at radius 1 is 1.47 bits per heavy atom. The highest BCUT2D eigenvalue weighted by molar-refractivity contribution is 6.32. The Morgan fingerprint density at radius 3 is 2.60 bits per heavy atom. The first kappa shape index (κ1) is 11.3. The monoisotopic (exact) mass is 225 g/mol. The Labute approximate surface area is 92.0 Å². The largest absolute Gasteiger partial charge is 0.494 e. The van der Waals surface area contributed by atoms with Crippen molar-refractivity contribution in [3.63, 3.8) is 0 Å². The summed E-state index contributed by atoms with van der Waals surface area (Å²) in [5, 5.41) is 8.91. The third-order valence-electron chi connectivity index (χ3n) is 1.78. The first-order valence-electron chi connectivity index (χ1n) is 4.00. The molecule has 1 rings (SSSR count). The van der Waals surface area contributed by atoms with E-state index in [0.717, 1.165) is 0 Å². The molecule has 0 aliphatic rings. The van der Waals surface area contributed by atoms with Crippen molar-refractivity contribution in [1.82, 2.24) is 0 Å². The smallest absolute Gasteiger partial charge is 0.341 e. The van der Waals surface area contributed by atoms with Crippen molar-refractivity contribution < 1.29 is 14.3 Å². The van der Waals surface area contributed by atoms with Crippen LogP contribution in [0.2, 0.25) is 5.02 Å². The minimum atomic E-state index is -0.592. The summed E-state index contributed by atoms with van der Waals surface area (Å²) in [5.41, 5.74) is 0.422. The van der Waals surface area contributed by atoms with E-state index < -0.39 is 5.97 Å². The highest BCUT2D eigenvalue weighted by Crippen LogP contribution is 2.30. The Kier molecular flexibility index (Phi) is 3.53. The predicted octanol–water partition coefficient (Wildman–Crippen LogP) is 2.01. The Bertz CT molecular complexity index is 437. The summed E-state index contributed by atoms with van der Waals surface area (Å²) in [5.74, 6) is -0.381. The van der Waals surface area contributed by atoms with Gasteiger partial charge in [0.2, 0.25) is 0 Å². The number of halogens is 1. The van der Waals surface area contributed by atoms with Gasteiger partial charge in [-0.1, -0.05) is 11.6 Å². The molecule has 0 aliphatic carbocycles. The van der Waals surface area contributed by atoms with Gasteiger partial charge < -0.3 is 9.47 Å². The van der Waals surface area contributed by atoms with Crippen LogP contribution >= 0.6 is 11.6 Å². The number of rotatable bonds is 2. The zero-order valence-corrected chi connectivity index (χ0v) is 8.96. The second-order valence-electron chi connectivity index (χ2n) is 2.64. The van der Waals surface area contributed by atoms with Crippen molar-refractivity contribution in [2.75, 3.05) is 14.2 Å². The van der Waals surface area contributed by atoms with E-state index in [1.54, 1.807) is 0 Å². The van der Waals surface area contributed by atoms with E-state index in [9.17, 15) is 4.79 Å². The molecule has 78 valence electrons. The zero-order chi connectivity index (χ0) is 11.4. The standard InChI is InChI=1S/C10H8ClNO3/c1-14-9-7(10(13)15-2)3-6(5-12)4-8(9)11/h3-4H,1-2H3. The Morgan fingerprint density at radius 2 is 2.13 bits per heavy atom. The first-order valence-corrected chi connectivity index (χ1v) is 4.37. The van der Waals surface area contributed by atoms with Gasteiger partial charge in [0.1, 0.15) is 5.56 Å². The van der Waals surface area contributed by atoms with Crippen molar-refractivity contribution in [2.24, 2.45) is 0 Å². The number of hydrogen-bond donors (Lipinski definition) is 0. The van der Waals surface area contributed by atoms with Crippen LogP contribution in [0.15, 0.2) is 12.1 Å². The number of ether oxygens (including phenoxy) is 2. The topological polar surface area (TPSA) is 59.3 Å². The molecule has 0 heterocycles. The molecule has 1 aromatic carbocycles. The van der Waals surface area contributed by atoms with Crippen molar-refractivity contribution in [3.05, 3.63) is 28.3 Å². The fourth-order valence-corrected chi connectivity index (χ4v) is 1.42. The molecule has 0 aliphatic heterocycles. The number of nitrogens with zero attached hydrogens (tertiary/aromatic N) is 1. The van der Waals surface area contributed by atoms with E-state index in [1.807, 2.05) is 6.07 Å². The van der Waals surface area contributed by atoms with E-state index in [4.69, 9.17) is 21.6 Å². The van der Waals surface area contributed by atoms with Crippen LogP contribution in [0.5, 0.6) is 5.75 Å². The maximum absolute atomic E-state index is 11.3. The van der Waals surface area contributed by atoms with Crippen molar-refractivity contribution in [2.45, 2.75) is 0 Å². The molecule has 15 heavy (non-hydrogen) atoms. The number of nitriles is 1. The van der Waals surface area contributed by atoms with E-state index in [1.165, 1.54) is 26.4 Å². The summed E-state index contributed by atoms with van der Waals surface area (Å²) in [4.78, 5) is 11.3. The minimum absolute atomic E-state index is 0.143. The summed E-state index contributed by atoms with van der Waals surface area (Å²) in [6.45, 7) is 0. The molecule has 0 fully saturated rings. The molecule has 0 spiro atoms. The molecule has 0 saturated carbocycles. The number of hydrogen-bond acceptors (Lipinski definition) is 4. The third kappa shape index (κ3) is 2.20. The molecule has 0 N–H and O–H groups in total. The lowest BCUT2D eigenvalue weighted by Crippen LogP contribution is -2.05. The fraction of sp³-hybridized carbons (Fsp3) is 0.200. The first-order chi connectivity index (χ1) is 7.13. The zero-order valence-electron chi connectivity index (χ0n) is 8.20. The van der Waals surface area contributed by atoms with Gasteiger partial charge in [-0.3, -0.25) is 0 Å². The average Bonchev–Trinajstić information content (AvgIpc) is 2.26. The van der Waals surface area contributed by atoms with Gasteiger partial charge >= 0.3 is 5.97 Å². The van der Waals surface area contributed by atoms with Gasteiger partial charge in [-0.05, 0) is 12.1 Å². The van der Waals surface area contributed by atoms with E-state index in [-0.39, 0.29) is 21.9 Å². The Hall–Kier alpha value is -1.73. The van der Waals surface area contributed by atoms with Gasteiger partial charge in [-0.25, -0.2) is 4.79 Å². The van der Waals surface area contributed by atoms with Crippen molar-refractivity contribution in [1.29, 1.82) is 5.26 Å². The normalized spacial score (nSPS) is 9.20. The van der Waals surface area contributed by atoms with Crippen molar-refractivity contribution >= 4 is 17.6 Å². The van der Waals surface area contributed by atoms with E-state index >= 15 is 0 Å². The van der Waals surface area contributed by atoms with Crippen LogP contribution in [0.1, 0.15) is 15.9 Å². The van der Waals surface area contributed by atoms with Gasteiger partial charge in [0.05, 0.1) is 30.9 Å². The summed E-state index contributed by atoms with van der Waals surface area (Å²) >= 11 is 5.83. The SMILES string of the molecule is COC(=O)c1cc(C#N)cc(Cl)c1OC. The number of benzene rings is 1. The summed E-state index contributed by atoms with van der Waals surface area (Å²) < 4.78 is 9.50. The molecule has 4 nitrogen and oxygen atoms in total. The molecule has 0 bridgehead atoms. The fourth-order valence-electron chi connectivity index (χ4n) is 1.13. The molecule has 1 aromatic rings. The average molecular weight is 226 g/mol. The van der Waals surface area contributed by atoms with Crippen LogP contribution in [0.4, 0.5) is 0 Å². The third-order valence-corrected chi connectivity index (χ3v) is 2.06.